The Morgan fingerprint density at radius 3 is 2.64 bits per heavy atom. The summed E-state index contributed by atoms with van der Waals surface area (Å²) >= 11 is 12.2. The van der Waals surface area contributed by atoms with Gasteiger partial charge < -0.3 is 10.2 Å². The molecule has 4 heterocycles. The van der Waals surface area contributed by atoms with Crippen LogP contribution in [0.4, 0.5) is 18.9 Å². The third-order valence-corrected chi connectivity index (χ3v) is 7.75. The topological polar surface area (TPSA) is 80.1 Å². The first-order valence-corrected chi connectivity index (χ1v) is 13.2. The third-order valence-electron chi connectivity index (χ3n) is 7.14. The van der Waals surface area contributed by atoms with Crippen molar-refractivity contribution in [1.82, 2.24) is 19.7 Å². The number of benzene rings is 1. The molecule has 1 aromatic carbocycles. The molecule has 0 aliphatic carbocycles. The van der Waals surface area contributed by atoms with Gasteiger partial charge in [0.25, 0.3) is 0 Å². The van der Waals surface area contributed by atoms with E-state index in [-0.39, 0.29) is 45.3 Å². The van der Waals surface area contributed by atoms with Crippen LogP contribution in [0, 0.1) is 11.7 Å². The van der Waals surface area contributed by atoms with Gasteiger partial charge >= 0.3 is 6.55 Å². The number of anilines is 1. The van der Waals surface area contributed by atoms with Crippen LogP contribution in [0.1, 0.15) is 56.5 Å². The predicted molar refractivity (Wildman–Crippen MR) is 142 cm³/mol. The summed E-state index contributed by atoms with van der Waals surface area (Å²) in [6.45, 7) is -0.927. The summed E-state index contributed by atoms with van der Waals surface area (Å²) < 4.78 is 43.0. The third kappa shape index (κ3) is 5.27. The van der Waals surface area contributed by atoms with Crippen LogP contribution in [0.3, 0.4) is 0 Å². The predicted octanol–water partition coefficient (Wildman–Crippen LogP) is 6.90. The molecular formula is C27H24Cl2F3N5O2. The van der Waals surface area contributed by atoms with Crippen molar-refractivity contribution < 1.29 is 22.8 Å². The summed E-state index contributed by atoms with van der Waals surface area (Å²) in [4.78, 5) is 32.4. The highest BCUT2D eigenvalue weighted by atomic mass is 35.5. The van der Waals surface area contributed by atoms with Crippen LogP contribution in [0.25, 0.3) is 16.8 Å². The number of aromatic nitrogens is 3. The molecule has 1 N–H and O–H groups in total. The molecule has 0 unspecified atom stereocenters. The lowest BCUT2D eigenvalue weighted by Gasteiger charge is -2.34. The zero-order chi connectivity index (χ0) is 27.8. The summed E-state index contributed by atoms with van der Waals surface area (Å²) in [7, 11) is 0. The fourth-order valence-electron chi connectivity index (χ4n) is 5.12. The fourth-order valence-corrected chi connectivity index (χ4v) is 5.54. The van der Waals surface area contributed by atoms with Gasteiger partial charge in [0.2, 0.25) is 11.8 Å². The summed E-state index contributed by atoms with van der Waals surface area (Å²) in [5, 5.41) is 6.58. The maximum absolute atomic E-state index is 14.8. The Labute approximate surface area is 232 Å². The Morgan fingerprint density at radius 1 is 1.13 bits per heavy atom. The summed E-state index contributed by atoms with van der Waals surface area (Å²) in [6.07, 6.45) is 5.95. The quantitative estimate of drug-likeness (QED) is 0.343. The first kappa shape index (κ1) is 27.2. The first-order chi connectivity index (χ1) is 18.7. The van der Waals surface area contributed by atoms with Gasteiger partial charge in [-0.15, -0.1) is 0 Å². The highest BCUT2D eigenvalue weighted by Gasteiger charge is 2.32. The molecule has 2 aliphatic rings. The lowest BCUT2D eigenvalue weighted by Crippen LogP contribution is -2.38. The van der Waals surface area contributed by atoms with Crippen molar-refractivity contribution in [3.63, 3.8) is 0 Å². The standard InChI is InChI=1S/C27H24Cl2F3N5O2/c1-14-3-2-4-21(36-10-8-15(12-22(36)38)23-17(28)5-6-18(29)24(23)30)19-11-16(7-9-33-19)25-20(35-26(14)39)13-34-37(25)27(31)32/h5-7,9,11-14,21,27H,2-4,8,10H2,1H3,(H,35,39)/t14-,21+/m1/s1. The Bertz CT molecular complexity index is 1480. The van der Waals surface area contributed by atoms with Crippen LogP contribution in [0.15, 0.2) is 42.7 Å². The second kappa shape index (κ2) is 11.0. The van der Waals surface area contributed by atoms with Gasteiger partial charge in [-0.2, -0.15) is 13.9 Å². The minimum atomic E-state index is -2.94. The molecule has 2 bridgehead atoms. The molecule has 39 heavy (non-hydrogen) atoms. The number of alkyl halides is 2. The Balaban J connectivity index is 1.55. The molecule has 7 nitrogen and oxygen atoms in total. The number of rotatable bonds is 3. The molecule has 0 spiro atoms. The molecule has 204 valence electrons. The van der Waals surface area contributed by atoms with Crippen molar-refractivity contribution in [3.05, 3.63) is 69.9 Å². The number of halogens is 5. The zero-order valence-electron chi connectivity index (χ0n) is 20.8. The lowest BCUT2D eigenvalue weighted by atomic mass is 9.93. The molecule has 0 saturated heterocycles. The van der Waals surface area contributed by atoms with E-state index in [0.29, 0.717) is 47.2 Å². The van der Waals surface area contributed by atoms with Gasteiger partial charge in [-0.1, -0.05) is 36.5 Å². The van der Waals surface area contributed by atoms with E-state index < -0.39 is 24.3 Å². The molecule has 0 fully saturated rings. The lowest BCUT2D eigenvalue weighted by molar-refractivity contribution is -0.129. The number of hydrogen-bond acceptors (Lipinski definition) is 4. The van der Waals surface area contributed by atoms with E-state index in [1.54, 1.807) is 24.0 Å². The van der Waals surface area contributed by atoms with E-state index in [9.17, 15) is 22.8 Å². The highest BCUT2D eigenvalue weighted by molar-refractivity contribution is 6.34. The monoisotopic (exact) mass is 577 g/mol. The molecule has 2 atom stereocenters. The zero-order valence-corrected chi connectivity index (χ0v) is 22.3. The smallest absolute Gasteiger partial charge is 0.330 e. The van der Waals surface area contributed by atoms with Crippen LogP contribution in [-0.4, -0.2) is 38.0 Å². The second-order valence-corrected chi connectivity index (χ2v) is 10.4. The fraction of sp³-hybridized carbons (Fsp3) is 0.333. The van der Waals surface area contributed by atoms with Crippen molar-refractivity contribution in [2.75, 3.05) is 11.9 Å². The Morgan fingerprint density at radius 2 is 1.90 bits per heavy atom. The number of carbonyl (C=O) groups excluding carboxylic acids is 2. The van der Waals surface area contributed by atoms with Gasteiger partial charge in [0, 0.05) is 35.9 Å². The van der Waals surface area contributed by atoms with Gasteiger partial charge in [0.05, 0.1) is 39.4 Å². The van der Waals surface area contributed by atoms with E-state index in [0.717, 1.165) is 0 Å². The largest absolute Gasteiger partial charge is 0.333 e. The highest BCUT2D eigenvalue weighted by Crippen LogP contribution is 2.39. The molecule has 2 amide bonds. The minimum absolute atomic E-state index is 0.0479. The summed E-state index contributed by atoms with van der Waals surface area (Å²) in [6, 6.07) is 5.53. The van der Waals surface area contributed by atoms with Crippen LogP contribution in [-0.2, 0) is 9.59 Å². The molecule has 12 heteroatoms. The van der Waals surface area contributed by atoms with Gasteiger partial charge in [0.15, 0.2) is 5.82 Å². The number of pyridine rings is 1. The normalized spacial score (nSPS) is 20.2. The first-order valence-electron chi connectivity index (χ1n) is 12.4. The van der Waals surface area contributed by atoms with E-state index in [4.69, 9.17) is 23.2 Å². The van der Waals surface area contributed by atoms with Crippen molar-refractivity contribution in [3.8, 4) is 11.3 Å². The van der Waals surface area contributed by atoms with Gasteiger partial charge in [-0.05, 0) is 49.1 Å². The number of nitrogens with one attached hydrogen (secondary N) is 1. The SMILES string of the molecule is C[C@@H]1CCC[C@H](N2CCC(c3c(Cl)ccc(Cl)c3F)=CC2=O)c2cc(ccn2)-c2c(cnn2C(F)F)NC1=O. The Hall–Kier alpha value is -3.37. The van der Waals surface area contributed by atoms with E-state index in [2.05, 4.69) is 15.4 Å². The number of nitrogens with zero attached hydrogens (tertiary/aromatic N) is 4. The van der Waals surface area contributed by atoms with E-state index in [1.807, 2.05) is 0 Å². The molecule has 0 radical (unpaired) electrons. The van der Waals surface area contributed by atoms with Crippen LogP contribution in [0.5, 0.6) is 0 Å². The van der Waals surface area contributed by atoms with Gasteiger partial charge in [-0.25, -0.2) is 9.07 Å². The number of fused-ring (bicyclic) bond motifs is 4. The number of amides is 2. The van der Waals surface area contributed by atoms with Crippen molar-refractivity contribution in [1.29, 1.82) is 0 Å². The molecule has 0 saturated carbocycles. The second-order valence-electron chi connectivity index (χ2n) is 9.60. The average molecular weight is 578 g/mol. The van der Waals surface area contributed by atoms with E-state index in [1.165, 1.54) is 30.6 Å². The molecule has 3 aromatic rings. The van der Waals surface area contributed by atoms with Crippen molar-refractivity contribution in [2.45, 2.75) is 45.2 Å². The average Bonchev–Trinajstić information content (AvgIpc) is 3.33. The molecule has 2 aromatic heterocycles. The Kier molecular flexibility index (Phi) is 7.68. The van der Waals surface area contributed by atoms with Gasteiger partial charge in [0.1, 0.15) is 0 Å². The maximum Gasteiger partial charge on any atom is 0.333 e. The molecule has 5 rings (SSSR count). The van der Waals surface area contributed by atoms with Crippen LogP contribution < -0.4 is 5.32 Å². The van der Waals surface area contributed by atoms with E-state index >= 15 is 0 Å². The number of carbonyl (C=O) groups is 2. The van der Waals surface area contributed by atoms with Gasteiger partial charge in [-0.3, -0.25) is 14.6 Å². The summed E-state index contributed by atoms with van der Waals surface area (Å²) in [5.74, 6) is -1.76. The summed E-state index contributed by atoms with van der Waals surface area (Å²) in [5.41, 5.74) is 1.64. The van der Waals surface area contributed by atoms with Crippen molar-refractivity contribution >= 4 is 46.3 Å². The van der Waals surface area contributed by atoms with Crippen LogP contribution >= 0.6 is 23.2 Å². The maximum atomic E-state index is 14.8. The molecule has 2 aliphatic heterocycles. The minimum Gasteiger partial charge on any atom is -0.330 e. The number of hydrogen-bond donors (Lipinski definition) is 1. The van der Waals surface area contributed by atoms with Crippen LogP contribution in [0.2, 0.25) is 10.0 Å². The molecular weight excluding hydrogens is 554 g/mol. The van der Waals surface area contributed by atoms with Crippen molar-refractivity contribution in [2.24, 2.45) is 5.92 Å².